The van der Waals surface area contributed by atoms with E-state index >= 15 is 0 Å². The fraction of sp³-hybridized carbons (Fsp3) is 0.640. The van der Waals surface area contributed by atoms with Gasteiger partial charge in [0, 0.05) is 0 Å². The Balaban J connectivity index is 2.18. The lowest BCUT2D eigenvalue weighted by atomic mass is 9.91. The van der Waals surface area contributed by atoms with Gasteiger partial charge >= 0.3 is 6.18 Å². The van der Waals surface area contributed by atoms with Crippen LogP contribution in [-0.4, -0.2) is 47.8 Å². The van der Waals surface area contributed by atoms with E-state index < -0.39 is 12.7 Å². The molecule has 1 aromatic carbocycles. The molecule has 34 heavy (non-hydrogen) atoms. The standard InChI is InChI=1S/C25H36Cl2F3N3S/c1-5-7-17(2)23(18(3)31)33(16-25(28,29)30)34-24-21(26)14-20(15-22(24)27)9-6-8-19-10-12-32(4)13-11-19/h14-15,19,31H,5-13,16H2,1-4H3/b23-17+,31-18?. The van der Waals surface area contributed by atoms with Crippen LogP contribution in [0.1, 0.15) is 64.9 Å². The summed E-state index contributed by atoms with van der Waals surface area (Å²) in [6.45, 7) is 6.33. The molecule has 2 rings (SSSR count). The maximum absolute atomic E-state index is 13.4. The van der Waals surface area contributed by atoms with Crippen molar-refractivity contribution in [2.45, 2.75) is 76.8 Å². The summed E-state index contributed by atoms with van der Waals surface area (Å²) < 4.78 is 41.4. The highest BCUT2D eigenvalue weighted by Gasteiger charge is 2.34. The van der Waals surface area contributed by atoms with Gasteiger partial charge in [0.05, 0.1) is 26.3 Å². The highest BCUT2D eigenvalue weighted by atomic mass is 35.5. The zero-order valence-electron chi connectivity index (χ0n) is 20.5. The fourth-order valence-corrected chi connectivity index (χ4v) is 6.28. The van der Waals surface area contributed by atoms with Crippen molar-refractivity contribution in [3.63, 3.8) is 0 Å². The van der Waals surface area contributed by atoms with Crippen LogP contribution in [0, 0.1) is 11.3 Å². The van der Waals surface area contributed by atoms with Gasteiger partial charge in [-0.25, -0.2) is 0 Å². The summed E-state index contributed by atoms with van der Waals surface area (Å²) in [5.41, 5.74) is 2.10. The van der Waals surface area contributed by atoms with Crippen molar-refractivity contribution < 1.29 is 13.2 Å². The van der Waals surface area contributed by atoms with E-state index in [-0.39, 0.29) is 11.4 Å². The molecule has 1 fully saturated rings. The third-order valence-electron chi connectivity index (χ3n) is 6.13. The Kier molecular flexibility index (Phi) is 11.6. The normalized spacial score (nSPS) is 16.5. The number of allylic oxidation sites excluding steroid dienone is 2. The number of nitrogens with zero attached hydrogens (tertiary/aromatic N) is 2. The maximum atomic E-state index is 13.4. The maximum Gasteiger partial charge on any atom is 0.406 e. The number of hydrogen-bond acceptors (Lipinski definition) is 4. The van der Waals surface area contributed by atoms with Crippen LogP contribution in [0.4, 0.5) is 13.2 Å². The first kappa shape index (κ1) is 29.3. The molecule has 0 spiro atoms. The first-order valence-corrected chi connectivity index (χ1v) is 13.4. The minimum absolute atomic E-state index is 0.0838. The van der Waals surface area contributed by atoms with E-state index in [0.717, 1.165) is 72.1 Å². The van der Waals surface area contributed by atoms with E-state index in [9.17, 15) is 13.2 Å². The minimum Gasteiger partial charge on any atom is -0.306 e. The second-order valence-electron chi connectivity index (χ2n) is 9.27. The molecule has 0 aliphatic carbocycles. The molecule has 1 saturated heterocycles. The third kappa shape index (κ3) is 9.29. The van der Waals surface area contributed by atoms with Crippen LogP contribution in [0.2, 0.25) is 10.0 Å². The smallest absolute Gasteiger partial charge is 0.306 e. The molecule has 1 heterocycles. The van der Waals surface area contributed by atoms with Crippen LogP contribution in [-0.2, 0) is 6.42 Å². The van der Waals surface area contributed by atoms with Gasteiger partial charge in [-0.05, 0) is 107 Å². The monoisotopic (exact) mass is 537 g/mol. The minimum atomic E-state index is -4.44. The molecule has 3 nitrogen and oxygen atoms in total. The van der Waals surface area contributed by atoms with Gasteiger partial charge in [-0.1, -0.05) is 43.0 Å². The number of aryl methyl sites for hydroxylation is 1. The van der Waals surface area contributed by atoms with E-state index in [1.807, 2.05) is 19.1 Å². The van der Waals surface area contributed by atoms with E-state index in [0.29, 0.717) is 21.4 Å². The number of alkyl halides is 3. The Labute approximate surface area is 216 Å². The summed E-state index contributed by atoms with van der Waals surface area (Å²) >= 11 is 13.9. The van der Waals surface area contributed by atoms with Gasteiger partial charge in [0.15, 0.2) is 0 Å². The van der Waals surface area contributed by atoms with E-state index in [2.05, 4.69) is 11.9 Å². The van der Waals surface area contributed by atoms with Crippen LogP contribution in [0.15, 0.2) is 28.3 Å². The van der Waals surface area contributed by atoms with Crippen molar-refractivity contribution in [3.8, 4) is 0 Å². The first-order valence-electron chi connectivity index (χ1n) is 11.8. The Morgan fingerprint density at radius 3 is 2.26 bits per heavy atom. The Bertz CT molecular complexity index is 842. The second kappa shape index (κ2) is 13.4. The number of rotatable bonds is 11. The molecule has 0 saturated carbocycles. The average molecular weight is 539 g/mol. The Morgan fingerprint density at radius 2 is 1.76 bits per heavy atom. The van der Waals surface area contributed by atoms with E-state index in [1.165, 1.54) is 19.8 Å². The van der Waals surface area contributed by atoms with E-state index in [4.69, 9.17) is 28.6 Å². The quantitative estimate of drug-likeness (QED) is 0.226. The zero-order valence-corrected chi connectivity index (χ0v) is 22.8. The molecule has 0 aromatic heterocycles. The Morgan fingerprint density at radius 1 is 1.18 bits per heavy atom. The zero-order chi connectivity index (χ0) is 25.5. The summed E-state index contributed by atoms with van der Waals surface area (Å²) in [6, 6.07) is 3.63. The lowest BCUT2D eigenvalue weighted by Crippen LogP contribution is -2.31. The number of halogens is 5. The molecule has 1 N–H and O–H groups in total. The van der Waals surface area contributed by atoms with Gasteiger partial charge in [-0.15, -0.1) is 0 Å². The second-order valence-corrected chi connectivity index (χ2v) is 11.1. The molecule has 0 unspecified atom stereocenters. The molecular weight excluding hydrogens is 502 g/mol. The molecule has 0 bridgehead atoms. The summed E-state index contributed by atoms with van der Waals surface area (Å²) in [5.74, 6) is 0.744. The predicted octanol–water partition coefficient (Wildman–Crippen LogP) is 8.64. The van der Waals surface area contributed by atoms with Gasteiger partial charge in [0.1, 0.15) is 6.54 Å². The number of benzene rings is 1. The van der Waals surface area contributed by atoms with Crippen LogP contribution in [0.25, 0.3) is 0 Å². The SMILES string of the molecule is CCC/C(C)=C(\C(C)=N)N(CC(F)(F)F)Sc1c(Cl)cc(CCCC2CCN(C)CC2)cc1Cl. The van der Waals surface area contributed by atoms with Crippen molar-refractivity contribution >= 4 is 40.9 Å². The van der Waals surface area contributed by atoms with Crippen molar-refractivity contribution in [1.29, 1.82) is 5.41 Å². The first-order chi connectivity index (χ1) is 15.9. The molecule has 0 amide bonds. The lowest BCUT2D eigenvalue weighted by molar-refractivity contribution is -0.132. The molecule has 0 atom stereocenters. The third-order valence-corrected chi connectivity index (χ3v) is 8.11. The van der Waals surface area contributed by atoms with Crippen LogP contribution >= 0.6 is 35.1 Å². The van der Waals surface area contributed by atoms with Crippen molar-refractivity contribution in [1.82, 2.24) is 9.21 Å². The van der Waals surface area contributed by atoms with Gasteiger partial charge in [0.25, 0.3) is 0 Å². The molecule has 9 heteroatoms. The van der Waals surface area contributed by atoms with Gasteiger partial charge in [0.2, 0.25) is 0 Å². The molecule has 1 aromatic rings. The summed E-state index contributed by atoms with van der Waals surface area (Å²) in [6.07, 6.45) is 2.42. The van der Waals surface area contributed by atoms with Gasteiger partial charge in [-0.3, -0.25) is 0 Å². The van der Waals surface area contributed by atoms with Crippen molar-refractivity contribution in [3.05, 3.63) is 39.0 Å². The predicted molar refractivity (Wildman–Crippen MR) is 139 cm³/mol. The van der Waals surface area contributed by atoms with Gasteiger partial charge < -0.3 is 14.6 Å². The van der Waals surface area contributed by atoms with Crippen LogP contribution in [0.3, 0.4) is 0 Å². The fourth-order valence-electron chi connectivity index (χ4n) is 4.43. The largest absolute Gasteiger partial charge is 0.406 e. The molecule has 1 aliphatic heterocycles. The summed E-state index contributed by atoms with van der Waals surface area (Å²) in [4.78, 5) is 2.74. The highest BCUT2D eigenvalue weighted by molar-refractivity contribution is 7.97. The summed E-state index contributed by atoms with van der Waals surface area (Å²) in [7, 11) is 2.16. The number of hydrogen-bond donors (Lipinski definition) is 1. The van der Waals surface area contributed by atoms with Crippen molar-refractivity contribution in [2.24, 2.45) is 5.92 Å². The van der Waals surface area contributed by atoms with Crippen LogP contribution in [0.5, 0.6) is 0 Å². The number of nitrogens with one attached hydrogen (secondary N) is 1. The molecular formula is C25H36Cl2F3N3S. The van der Waals surface area contributed by atoms with Crippen LogP contribution < -0.4 is 0 Å². The van der Waals surface area contributed by atoms with Crippen molar-refractivity contribution in [2.75, 3.05) is 26.7 Å². The van der Waals surface area contributed by atoms with Gasteiger partial charge in [-0.2, -0.15) is 13.2 Å². The lowest BCUT2D eigenvalue weighted by Gasteiger charge is -2.29. The highest BCUT2D eigenvalue weighted by Crippen LogP contribution is 2.41. The molecule has 0 radical (unpaired) electrons. The topological polar surface area (TPSA) is 30.3 Å². The summed E-state index contributed by atoms with van der Waals surface area (Å²) in [5, 5.41) is 8.81. The average Bonchev–Trinajstić information content (AvgIpc) is 2.71. The number of likely N-dealkylation sites (tertiary alicyclic amines) is 1. The Hall–Kier alpha value is -0.890. The molecule has 192 valence electrons. The molecule has 1 aliphatic rings. The number of piperidine rings is 1. The van der Waals surface area contributed by atoms with E-state index in [1.54, 1.807) is 6.92 Å².